The van der Waals surface area contributed by atoms with E-state index in [1.165, 1.54) is 5.56 Å². The van der Waals surface area contributed by atoms with Gasteiger partial charge in [0.15, 0.2) is 5.78 Å². The van der Waals surface area contributed by atoms with Gasteiger partial charge in [-0.2, -0.15) is 0 Å². The highest BCUT2D eigenvalue weighted by molar-refractivity contribution is 9.10. The van der Waals surface area contributed by atoms with Crippen molar-refractivity contribution in [3.8, 4) is 0 Å². The summed E-state index contributed by atoms with van der Waals surface area (Å²) in [7, 11) is 0. The molecule has 0 unspecified atom stereocenters. The third kappa shape index (κ3) is 4.30. The van der Waals surface area contributed by atoms with Crippen molar-refractivity contribution in [1.82, 2.24) is 0 Å². The van der Waals surface area contributed by atoms with Gasteiger partial charge in [-0.05, 0) is 37.6 Å². The molecule has 0 heterocycles. The van der Waals surface area contributed by atoms with Gasteiger partial charge in [0, 0.05) is 21.4 Å². The second-order valence-corrected chi connectivity index (χ2v) is 6.07. The van der Waals surface area contributed by atoms with E-state index in [0.29, 0.717) is 11.3 Å². The first-order chi connectivity index (χ1) is 9.95. The molecule has 2 nitrogen and oxygen atoms in total. The van der Waals surface area contributed by atoms with Gasteiger partial charge in [-0.3, -0.25) is 4.79 Å². The first-order valence-corrected chi connectivity index (χ1v) is 7.56. The van der Waals surface area contributed by atoms with Gasteiger partial charge in [-0.15, -0.1) is 0 Å². The molecule has 0 aromatic heterocycles. The molecule has 0 saturated carbocycles. The lowest BCUT2D eigenvalue weighted by Crippen LogP contribution is -2.07. The van der Waals surface area contributed by atoms with Crippen LogP contribution in [-0.2, 0) is 0 Å². The zero-order chi connectivity index (χ0) is 15.4. The third-order valence-corrected chi connectivity index (χ3v) is 3.76. The number of ketones is 1. The van der Waals surface area contributed by atoms with E-state index >= 15 is 0 Å². The van der Waals surface area contributed by atoms with Crippen LogP contribution in [-0.4, -0.2) is 5.78 Å². The topological polar surface area (TPSA) is 29.1 Å². The van der Waals surface area contributed by atoms with Crippen LogP contribution in [0.1, 0.15) is 27.9 Å². The standard InChI is InChI=1S/C18H18BrNO/c1-12-4-9-17(13(2)10-12)20-14(3)11-18(21)15-5-7-16(19)8-6-15/h4-10,20H,3,11H2,1-2H3. The number of allylic oxidation sites excluding steroid dienone is 1. The van der Waals surface area contributed by atoms with Crippen LogP contribution in [0.3, 0.4) is 0 Å². The molecule has 0 aliphatic rings. The maximum Gasteiger partial charge on any atom is 0.168 e. The monoisotopic (exact) mass is 343 g/mol. The Hall–Kier alpha value is -1.87. The highest BCUT2D eigenvalue weighted by Crippen LogP contribution is 2.19. The summed E-state index contributed by atoms with van der Waals surface area (Å²) in [5.74, 6) is 0.0600. The molecule has 0 radical (unpaired) electrons. The normalized spacial score (nSPS) is 10.2. The fourth-order valence-corrected chi connectivity index (χ4v) is 2.38. The lowest BCUT2D eigenvalue weighted by molar-refractivity contribution is 0.0993. The van der Waals surface area contributed by atoms with Gasteiger partial charge in [-0.1, -0.05) is 52.3 Å². The molecule has 0 saturated heterocycles. The average Bonchev–Trinajstić information content (AvgIpc) is 2.42. The number of hydrogen-bond acceptors (Lipinski definition) is 2. The van der Waals surface area contributed by atoms with Gasteiger partial charge < -0.3 is 5.32 Å². The Morgan fingerprint density at radius 1 is 1.14 bits per heavy atom. The van der Waals surface area contributed by atoms with E-state index in [1.807, 2.05) is 43.3 Å². The fourth-order valence-electron chi connectivity index (χ4n) is 2.12. The molecule has 0 aliphatic heterocycles. The number of Topliss-reactive ketones (excluding diaryl/α,β-unsaturated/α-hetero) is 1. The minimum atomic E-state index is 0.0600. The van der Waals surface area contributed by atoms with E-state index < -0.39 is 0 Å². The Morgan fingerprint density at radius 3 is 2.43 bits per heavy atom. The minimum Gasteiger partial charge on any atom is -0.359 e. The van der Waals surface area contributed by atoms with Gasteiger partial charge in [-0.25, -0.2) is 0 Å². The van der Waals surface area contributed by atoms with Crippen molar-refractivity contribution in [3.05, 3.63) is 75.9 Å². The number of carbonyl (C=O) groups excluding carboxylic acids is 1. The summed E-state index contributed by atoms with van der Waals surface area (Å²) in [6.07, 6.45) is 0.287. The second kappa shape index (κ2) is 6.72. The Kier molecular flexibility index (Phi) is 4.97. The van der Waals surface area contributed by atoms with Crippen molar-refractivity contribution in [1.29, 1.82) is 0 Å². The molecule has 0 fully saturated rings. The zero-order valence-corrected chi connectivity index (χ0v) is 13.8. The molecule has 0 bridgehead atoms. The van der Waals surface area contributed by atoms with Crippen LogP contribution in [0.5, 0.6) is 0 Å². The van der Waals surface area contributed by atoms with Crippen molar-refractivity contribution >= 4 is 27.4 Å². The molecule has 21 heavy (non-hydrogen) atoms. The molecule has 0 amide bonds. The number of rotatable bonds is 5. The van der Waals surface area contributed by atoms with E-state index in [4.69, 9.17) is 0 Å². The summed E-state index contributed by atoms with van der Waals surface area (Å²) in [6, 6.07) is 13.5. The highest BCUT2D eigenvalue weighted by Gasteiger charge is 2.08. The third-order valence-electron chi connectivity index (χ3n) is 3.23. The maximum atomic E-state index is 12.2. The molecular formula is C18H18BrNO. The summed E-state index contributed by atoms with van der Waals surface area (Å²) in [4.78, 5) is 12.2. The van der Waals surface area contributed by atoms with Crippen LogP contribution in [0.15, 0.2) is 59.2 Å². The number of halogens is 1. The van der Waals surface area contributed by atoms with E-state index in [9.17, 15) is 4.79 Å². The molecule has 0 atom stereocenters. The van der Waals surface area contributed by atoms with Gasteiger partial charge in [0.25, 0.3) is 0 Å². The highest BCUT2D eigenvalue weighted by atomic mass is 79.9. The van der Waals surface area contributed by atoms with Crippen LogP contribution >= 0.6 is 15.9 Å². The minimum absolute atomic E-state index is 0.0600. The zero-order valence-electron chi connectivity index (χ0n) is 12.2. The lowest BCUT2D eigenvalue weighted by Gasteiger charge is -2.12. The van der Waals surface area contributed by atoms with Crippen LogP contribution in [0.4, 0.5) is 5.69 Å². The van der Waals surface area contributed by atoms with Crippen molar-refractivity contribution in [3.63, 3.8) is 0 Å². The first-order valence-electron chi connectivity index (χ1n) is 6.76. The average molecular weight is 344 g/mol. The number of hydrogen-bond donors (Lipinski definition) is 1. The predicted molar refractivity (Wildman–Crippen MR) is 91.8 cm³/mol. The summed E-state index contributed by atoms with van der Waals surface area (Å²) in [5.41, 5.74) is 4.76. The fraction of sp³-hybridized carbons (Fsp3) is 0.167. The number of anilines is 1. The maximum absolute atomic E-state index is 12.2. The molecule has 2 aromatic rings. The van der Waals surface area contributed by atoms with Crippen molar-refractivity contribution in [2.45, 2.75) is 20.3 Å². The quantitative estimate of drug-likeness (QED) is 0.749. The second-order valence-electron chi connectivity index (χ2n) is 5.15. The van der Waals surface area contributed by atoms with Crippen molar-refractivity contribution in [2.75, 3.05) is 5.32 Å². The van der Waals surface area contributed by atoms with E-state index in [1.54, 1.807) is 0 Å². The molecule has 2 aromatic carbocycles. The Labute approximate surface area is 134 Å². The Morgan fingerprint density at radius 2 is 1.81 bits per heavy atom. The predicted octanol–water partition coefficient (Wildman–Crippen LogP) is 5.26. The van der Waals surface area contributed by atoms with Gasteiger partial charge >= 0.3 is 0 Å². The van der Waals surface area contributed by atoms with Crippen LogP contribution < -0.4 is 5.32 Å². The number of aryl methyl sites for hydroxylation is 2. The van der Waals surface area contributed by atoms with Crippen molar-refractivity contribution < 1.29 is 4.79 Å². The number of carbonyl (C=O) groups is 1. The molecule has 0 spiro atoms. The van der Waals surface area contributed by atoms with Crippen molar-refractivity contribution in [2.24, 2.45) is 0 Å². The molecular weight excluding hydrogens is 326 g/mol. The van der Waals surface area contributed by atoms with Gasteiger partial charge in [0.1, 0.15) is 0 Å². The SMILES string of the molecule is C=C(CC(=O)c1ccc(Br)cc1)Nc1ccc(C)cc1C. The summed E-state index contributed by atoms with van der Waals surface area (Å²) < 4.78 is 0.964. The van der Waals surface area contributed by atoms with Crippen LogP contribution in [0.2, 0.25) is 0 Å². The smallest absolute Gasteiger partial charge is 0.168 e. The largest absolute Gasteiger partial charge is 0.359 e. The Balaban J connectivity index is 2.01. The van der Waals surface area contributed by atoms with Crippen LogP contribution in [0.25, 0.3) is 0 Å². The van der Waals surface area contributed by atoms with Crippen LogP contribution in [0, 0.1) is 13.8 Å². The molecule has 108 valence electrons. The number of nitrogens with one attached hydrogen (secondary N) is 1. The molecule has 3 heteroatoms. The van der Waals surface area contributed by atoms with Gasteiger partial charge in [0.2, 0.25) is 0 Å². The lowest BCUT2D eigenvalue weighted by atomic mass is 10.1. The molecule has 1 N–H and O–H groups in total. The van der Waals surface area contributed by atoms with E-state index in [2.05, 4.69) is 40.8 Å². The van der Waals surface area contributed by atoms with E-state index in [0.717, 1.165) is 15.7 Å². The molecule has 0 aliphatic carbocycles. The summed E-state index contributed by atoms with van der Waals surface area (Å²) in [5, 5.41) is 3.22. The first kappa shape index (κ1) is 15.5. The van der Waals surface area contributed by atoms with Gasteiger partial charge in [0.05, 0.1) is 6.42 Å². The molecule has 2 rings (SSSR count). The summed E-state index contributed by atoms with van der Waals surface area (Å²) >= 11 is 3.36. The summed E-state index contributed by atoms with van der Waals surface area (Å²) in [6.45, 7) is 8.05. The number of benzene rings is 2. The van der Waals surface area contributed by atoms with E-state index in [-0.39, 0.29) is 12.2 Å². The Bertz CT molecular complexity index is 674.